The van der Waals surface area contributed by atoms with Crippen molar-refractivity contribution in [2.45, 2.75) is 47.0 Å². The Labute approximate surface area is 112 Å². The molecular formula is C16H27NO. The molecular weight excluding hydrogens is 222 g/mol. The largest absolute Gasteiger partial charge is 0.493 e. The van der Waals surface area contributed by atoms with Crippen LogP contribution in [0.4, 0.5) is 0 Å². The van der Waals surface area contributed by atoms with Gasteiger partial charge < -0.3 is 10.5 Å². The summed E-state index contributed by atoms with van der Waals surface area (Å²) < 4.78 is 5.92. The molecule has 2 nitrogen and oxygen atoms in total. The molecule has 2 heteroatoms. The predicted molar refractivity (Wildman–Crippen MR) is 78.1 cm³/mol. The fourth-order valence-electron chi connectivity index (χ4n) is 2.23. The SMILES string of the molecule is CCC(CC)(CN)CCOc1cc(C)ccc1C. The summed E-state index contributed by atoms with van der Waals surface area (Å²) in [7, 11) is 0. The maximum Gasteiger partial charge on any atom is 0.122 e. The van der Waals surface area contributed by atoms with Crippen molar-refractivity contribution in [3.05, 3.63) is 29.3 Å². The normalized spacial score (nSPS) is 11.6. The summed E-state index contributed by atoms with van der Waals surface area (Å²) in [6.07, 6.45) is 3.27. The lowest BCUT2D eigenvalue weighted by Crippen LogP contribution is -2.31. The minimum Gasteiger partial charge on any atom is -0.493 e. The fourth-order valence-corrected chi connectivity index (χ4v) is 2.23. The Kier molecular flexibility index (Phi) is 5.67. The average Bonchev–Trinajstić information content (AvgIpc) is 2.39. The minimum atomic E-state index is 0.248. The second-order valence-corrected chi connectivity index (χ2v) is 5.28. The van der Waals surface area contributed by atoms with Gasteiger partial charge in [-0.15, -0.1) is 0 Å². The number of nitrogens with two attached hydrogens (primary N) is 1. The van der Waals surface area contributed by atoms with Gasteiger partial charge in [0.2, 0.25) is 0 Å². The molecule has 0 radical (unpaired) electrons. The molecule has 0 unspecified atom stereocenters. The highest BCUT2D eigenvalue weighted by Crippen LogP contribution is 2.29. The van der Waals surface area contributed by atoms with Gasteiger partial charge >= 0.3 is 0 Å². The zero-order valence-corrected chi connectivity index (χ0v) is 12.3. The number of hydrogen-bond acceptors (Lipinski definition) is 2. The van der Waals surface area contributed by atoms with Crippen LogP contribution in [0.3, 0.4) is 0 Å². The van der Waals surface area contributed by atoms with Crippen molar-refractivity contribution >= 4 is 0 Å². The highest BCUT2D eigenvalue weighted by molar-refractivity contribution is 5.35. The average molecular weight is 249 g/mol. The van der Waals surface area contributed by atoms with Gasteiger partial charge in [-0.1, -0.05) is 26.0 Å². The van der Waals surface area contributed by atoms with E-state index < -0.39 is 0 Å². The zero-order valence-electron chi connectivity index (χ0n) is 12.3. The number of ether oxygens (including phenoxy) is 1. The van der Waals surface area contributed by atoms with E-state index in [0.29, 0.717) is 0 Å². The Bertz CT molecular complexity index is 361. The summed E-state index contributed by atoms with van der Waals surface area (Å²) in [5, 5.41) is 0. The first-order valence-corrected chi connectivity index (χ1v) is 6.97. The van der Waals surface area contributed by atoms with Crippen LogP contribution in [0.15, 0.2) is 18.2 Å². The Morgan fingerprint density at radius 3 is 2.39 bits per heavy atom. The minimum absolute atomic E-state index is 0.248. The quantitative estimate of drug-likeness (QED) is 0.797. The van der Waals surface area contributed by atoms with Crippen LogP contribution in [0.1, 0.15) is 44.2 Å². The molecule has 2 N–H and O–H groups in total. The van der Waals surface area contributed by atoms with E-state index in [-0.39, 0.29) is 5.41 Å². The van der Waals surface area contributed by atoms with Crippen LogP contribution in [-0.2, 0) is 0 Å². The summed E-state index contributed by atoms with van der Waals surface area (Å²) in [6.45, 7) is 10.1. The lowest BCUT2D eigenvalue weighted by molar-refractivity contribution is 0.186. The first-order valence-electron chi connectivity index (χ1n) is 6.97. The second-order valence-electron chi connectivity index (χ2n) is 5.28. The molecule has 18 heavy (non-hydrogen) atoms. The second kappa shape index (κ2) is 6.79. The van der Waals surface area contributed by atoms with E-state index in [1.54, 1.807) is 0 Å². The van der Waals surface area contributed by atoms with Crippen molar-refractivity contribution in [3.8, 4) is 5.75 Å². The molecule has 0 spiro atoms. The van der Waals surface area contributed by atoms with Crippen LogP contribution >= 0.6 is 0 Å². The molecule has 0 heterocycles. The molecule has 0 saturated heterocycles. The molecule has 1 aromatic carbocycles. The molecule has 0 amide bonds. The van der Waals surface area contributed by atoms with E-state index in [2.05, 4.69) is 45.9 Å². The predicted octanol–water partition coefficient (Wildman–Crippen LogP) is 3.84. The molecule has 1 rings (SSSR count). The van der Waals surface area contributed by atoms with Crippen molar-refractivity contribution in [1.29, 1.82) is 0 Å². The van der Waals surface area contributed by atoms with E-state index in [1.165, 1.54) is 11.1 Å². The van der Waals surface area contributed by atoms with Gasteiger partial charge in [-0.3, -0.25) is 0 Å². The Morgan fingerprint density at radius 1 is 1.17 bits per heavy atom. The lowest BCUT2D eigenvalue weighted by Gasteiger charge is -2.30. The lowest BCUT2D eigenvalue weighted by atomic mass is 9.80. The molecule has 0 atom stereocenters. The van der Waals surface area contributed by atoms with Crippen molar-refractivity contribution < 1.29 is 4.74 Å². The van der Waals surface area contributed by atoms with Gasteiger partial charge in [-0.05, 0) is 62.3 Å². The van der Waals surface area contributed by atoms with Crippen LogP contribution < -0.4 is 10.5 Å². The topological polar surface area (TPSA) is 35.2 Å². The smallest absolute Gasteiger partial charge is 0.122 e. The van der Waals surface area contributed by atoms with Crippen molar-refractivity contribution in [3.63, 3.8) is 0 Å². The molecule has 0 aliphatic rings. The van der Waals surface area contributed by atoms with E-state index in [1.807, 2.05) is 0 Å². The zero-order chi connectivity index (χ0) is 13.6. The van der Waals surface area contributed by atoms with Gasteiger partial charge in [0, 0.05) is 0 Å². The number of benzene rings is 1. The van der Waals surface area contributed by atoms with E-state index in [9.17, 15) is 0 Å². The summed E-state index contributed by atoms with van der Waals surface area (Å²) in [5.41, 5.74) is 8.60. The third kappa shape index (κ3) is 3.74. The van der Waals surface area contributed by atoms with Crippen LogP contribution in [0.5, 0.6) is 5.75 Å². The van der Waals surface area contributed by atoms with Crippen molar-refractivity contribution in [2.24, 2.45) is 11.1 Å². The maximum absolute atomic E-state index is 5.92. The molecule has 102 valence electrons. The van der Waals surface area contributed by atoms with Gasteiger partial charge in [0.1, 0.15) is 5.75 Å². The Morgan fingerprint density at radius 2 is 1.83 bits per heavy atom. The molecule has 0 aromatic heterocycles. The van der Waals surface area contributed by atoms with Gasteiger partial charge in [0.05, 0.1) is 6.61 Å². The van der Waals surface area contributed by atoms with Gasteiger partial charge in [-0.25, -0.2) is 0 Å². The third-order valence-corrected chi connectivity index (χ3v) is 4.17. The Balaban J connectivity index is 2.57. The van der Waals surface area contributed by atoms with E-state index >= 15 is 0 Å². The van der Waals surface area contributed by atoms with Gasteiger partial charge in [0.15, 0.2) is 0 Å². The standard InChI is InChI=1S/C16H27NO/c1-5-16(6-2,12-17)9-10-18-15-11-13(3)7-8-14(15)4/h7-8,11H,5-6,9-10,12,17H2,1-4H3. The highest BCUT2D eigenvalue weighted by atomic mass is 16.5. The summed E-state index contributed by atoms with van der Waals surface area (Å²) in [6, 6.07) is 6.34. The first-order chi connectivity index (χ1) is 8.56. The van der Waals surface area contributed by atoms with Crippen molar-refractivity contribution in [2.75, 3.05) is 13.2 Å². The molecule has 0 saturated carbocycles. The molecule has 1 aromatic rings. The number of hydrogen-bond donors (Lipinski definition) is 1. The first kappa shape index (κ1) is 15.0. The van der Waals surface area contributed by atoms with Crippen LogP contribution in [0.25, 0.3) is 0 Å². The van der Waals surface area contributed by atoms with Crippen LogP contribution in [-0.4, -0.2) is 13.2 Å². The highest BCUT2D eigenvalue weighted by Gasteiger charge is 2.24. The number of aryl methyl sites for hydroxylation is 2. The third-order valence-electron chi connectivity index (χ3n) is 4.17. The number of rotatable bonds is 7. The Hall–Kier alpha value is -1.02. The van der Waals surface area contributed by atoms with Gasteiger partial charge in [0.25, 0.3) is 0 Å². The van der Waals surface area contributed by atoms with Gasteiger partial charge in [-0.2, -0.15) is 0 Å². The molecule has 0 aliphatic heterocycles. The van der Waals surface area contributed by atoms with Crippen molar-refractivity contribution in [1.82, 2.24) is 0 Å². The van der Waals surface area contributed by atoms with Crippen LogP contribution in [0.2, 0.25) is 0 Å². The summed E-state index contributed by atoms with van der Waals surface area (Å²) in [5.74, 6) is 1.01. The van der Waals surface area contributed by atoms with E-state index in [4.69, 9.17) is 10.5 Å². The summed E-state index contributed by atoms with van der Waals surface area (Å²) >= 11 is 0. The molecule has 0 bridgehead atoms. The molecule has 0 fully saturated rings. The van der Waals surface area contributed by atoms with Crippen LogP contribution in [0, 0.1) is 19.3 Å². The maximum atomic E-state index is 5.92. The summed E-state index contributed by atoms with van der Waals surface area (Å²) in [4.78, 5) is 0. The monoisotopic (exact) mass is 249 g/mol. The molecule has 0 aliphatic carbocycles. The fraction of sp³-hybridized carbons (Fsp3) is 0.625. The van der Waals surface area contributed by atoms with E-state index in [0.717, 1.165) is 38.2 Å².